The van der Waals surface area contributed by atoms with Gasteiger partial charge in [-0.25, -0.2) is 0 Å². The van der Waals surface area contributed by atoms with Crippen LogP contribution in [0, 0.1) is 0 Å². The second-order valence-corrected chi connectivity index (χ2v) is 1.09. The molecule has 0 N–H and O–H groups in total. The first-order valence-electron chi connectivity index (χ1n) is 1.82. The molecule has 0 saturated heterocycles. The van der Waals surface area contributed by atoms with Crippen LogP contribution in [-0.4, -0.2) is 11.9 Å². The van der Waals surface area contributed by atoms with Gasteiger partial charge in [-0.1, -0.05) is 0 Å². The maximum absolute atomic E-state index is 9.81. The molecule has 0 radical (unpaired) electrons. The van der Waals surface area contributed by atoms with Gasteiger partial charge in [0.15, 0.2) is 0 Å². The van der Waals surface area contributed by atoms with Crippen molar-refractivity contribution in [2.45, 2.75) is 13.8 Å². The van der Waals surface area contributed by atoms with Gasteiger partial charge in [-0.15, -0.1) is 0 Å². The van der Waals surface area contributed by atoms with Gasteiger partial charge in [0.2, 0.25) is 0 Å². The summed E-state index contributed by atoms with van der Waals surface area (Å²) in [7, 11) is 0. The molecule has 0 fully saturated rings. The van der Waals surface area contributed by atoms with E-state index in [1.54, 1.807) is 0 Å². The van der Waals surface area contributed by atoms with E-state index in [1.165, 1.54) is 13.8 Å². The molecule has 0 aliphatic rings. The van der Waals surface area contributed by atoms with Gasteiger partial charge < -0.3 is 6.16 Å². The Bertz CT molecular complexity index is 92.0. The summed E-state index contributed by atoms with van der Waals surface area (Å²) in [6, 6.07) is 0. The molecule has 0 aliphatic carbocycles. The second kappa shape index (κ2) is 5.28. The maximum atomic E-state index is 9.81. The standard InChI is InChI=1S/C4H6O3.Na.H/c1-3(5)7-4(2)6;;/h1-2H3;;/q;+1;-1. The molecule has 0 amide bonds. The molecule has 0 spiro atoms. The van der Waals surface area contributed by atoms with Crippen LogP contribution in [0.15, 0.2) is 0 Å². The molecule has 0 unspecified atom stereocenters. The van der Waals surface area contributed by atoms with E-state index in [9.17, 15) is 9.59 Å². The van der Waals surface area contributed by atoms with Gasteiger partial charge in [0, 0.05) is 13.8 Å². The van der Waals surface area contributed by atoms with Crippen molar-refractivity contribution in [1.82, 2.24) is 0 Å². The topological polar surface area (TPSA) is 43.4 Å². The van der Waals surface area contributed by atoms with E-state index in [-0.39, 0.29) is 31.0 Å². The zero-order valence-electron chi connectivity index (χ0n) is 6.22. The number of ether oxygens (including phenoxy) is 1. The summed E-state index contributed by atoms with van der Waals surface area (Å²) in [4.78, 5) is 19.6. The molecule has 3 nitrogen and oxygen atoms in total. The van der Waals surface area contributed by atoms with Crippen molar-refractivity contribution in [3.05, 3.63) is 0 Å². The monoisotopic (exact) mass is 126 g/mol. The zero-order chi connectivity index (χ0) is 5.86. The number of esters is 2. The number of hydrogen-bond acceptors (Lipinski definition) is 3. The van der Waals surface area contributed by atoms with Crippen LogP contribution >= 0.6 is 0 Å². The summed E-state index contributed by atoms with van der Waals surface area (Å²) < 4.78 is 3.97. The summed E-state index contributed by atoms with van der Waals surface area (Å²) in [5.41, 5.74) is 0. The molecule has 0 aromatic rings. The smallest absolute Gasteiger partial charge is 1.00 e. The molecule has 0 aromatic carbocycles. The molecule has 0 atom stereocenters. The molecule has 0 aromatic heterocycles. The third-order valence-corrected chi connectivity index (χ3v) is 0.287. The first kappa shape index (κ1) is 11.0. The van der Waals surface area contributed by atoms with Gasteiger partial charge >= 0.3 is 41.5 Å². The quantitative estimate of drug-likeness (QED) is 0.200. The zero-order valence-corrected chi connectivity index (χ0v) is 7.22. The SMILES string of the molecule is CC(=O)OC(C)=O.[H-].[Na+]. The van der Waals surface area contributed by atoms with Gasteiger partial charge in [0.1, 0.15) is 0 Å². The first-order chi connectivity index (χ1) is 3.13. The minimum atomic E-state index is -0.562. The molecule has 0 heterocycles. The fourth-order valence-corrected chi connectivity index (χ4v) is 0.202. The third kappa shape index (κ3) is 9.46. The normalized spacial score (nSPS) is 6.75. The Kier molecular flexibility index (Phi) is 7.26. The molecule has 0 saturated carbocycles. The number of carbonyl (C=O) groups excluding carboxylic acids is 2. The fraction of sp³-hybridized carbons (Fsp3) is 0.500. The Balaban J connectivity index is -0.000000180. The van der Waals surface area contributed by atoms with Crippen LogP contribution in [0.2, 0.25) is 0 Å². The van der Waals surface area contributed by atoms with Gasteiger partial charge in [0.25, 0.3) is 0 Å². The summed E-state index contributed by atoms with van der Waals surface area (Å²) in [6.45, 7) is 2.36. The Morgan fingerprint density at radius 1 is 1.25 bits per heavy atom. The van der Waals surface area contributed by atoms with Gasteiger partial charge in [-0.2, -0.15) is 0 Å². The number of rotatable bonds is 0. The van der Waals surface area contributed by atoms with Crippen molar-refractivity contribution in [2.75, 3.05) is 0 Å². The summed E-state index contributed by atoms with van der Waals surface area (Å²) in [5, 5.41) is 0. The van der Waals surface area contributed by atoms with E-state index in [2.05, 4.69) is 4.74 Å². The van der Waals surface area contributed by atoms with E-state index < -0.39 is 11.9 Å². The van der Waals surface area contributed by atoms with E-state index in [1.807, 2.05) is 0 Å². The average molecular weight is 126 g/mol. The van der Waals surface area contributed by atoms with Gasteiger partial charge in [-0.05, 0) is 0 Å². The molecule has 0 rings (SSSR count). The van der Waals surface area contributed by atoms with E-state index in [4.69, 9.17) is 0 Å². The van der Waals surface area contributed by atoms with Crippen molar-refractivity contribution in [3.8, 4) is 0 Å². The second-order valence-electron chi connectivity index (χ2n) is 1.09. The molecule has 4 heteroatoms. The van der Waals surface area contributed by atoms with Crippen LogP contribution < -0.4 is 29.6 Å². The van der Waals surface area contributed by atoms with Crippen LogP contribution in [0.3, 0.4) is 0 Å². The van der Waals surface area contributed by atoms with Gasteiger partial charge in [0.05, 0.1) is 0 Å². The largest absolute Gasteiger partial charge is 1.00 e. The van der Waals surface area contributed by atoms with Crippen molar-refractivity contribution < 1.29 is 45.3 Å². The summed E-state index contributed by atoms with van der Waals surface area (Å²) >= 11 is 0. The first-order valence-corrected chi connectivity index (χ1v) is 1.82. The molecule has 0 aliphatic heterocycles. The Morgan fingerprint density at radius 3 is 1.50 bits per heavy atom. The molecule has 42 valence electrons. The predicted octanol–water partition coefficient (Wildman–Crippen LogP) is -2.79. The number of carbonyl (C=O) groups is 2. The molecular formula is C4H7NaO3. The number of hydrogen-bond donors (Lipinski definition) is 0. The van der Waals surface area contributed by atoms with E-state index in [0.717, 1.165) is 0 Å². The maximum Gasteiger partial charge on any atom is 1.00 e. The summed E-state index contributed by atoms with van der Waals surface area (Å²) in [6.07, 6.45) is 0. The third-order valence-electron chi connectivity index (χ3n) is 0.287. The van der Waals surface area contributed by atoms with E-state index in [0.29, 0.717) is 0 Å². The van der Waals surface area contributed by atoms with Crippen molar-refractivity contribution >= 4 is 11.9 Å². The van der Waals surface area contributed by atoms with Crippen LogP contribution in [0.4, 0.5) is 0 Å². The molecule has 0 bridgehead atoms. The van der Waals surface area contributed by atoms with Crippen LogP contribution in [-0.2, 0) is 14.3 Å². The summed E-state index contributed by atoms with van der Waals surface area (Å²) in [5.74, 6) is -1.12. The Labute approximate surface area is 71.2 Å². The average Bonchev–Trinajstić information content (AvgIpc) is 1.27. The van der Waals surface area contributed by atoms with Crippen molar-refractivity contribution in [3.63, 3.8) is 0 Å². The minimum Gasteiger partial charge on any atom is -1.00 e. The molecule has 8 heavy (non-hydrogen) atoms. The van der Waals surface area contributed by atoms with Crippen LogP contribution in [0.5, 0.6) is 0 Å². The van der Waals surface area contributed by atoms with Crippen molar-refractivity contribution in [1.29, 1.82) is 0 Å². The van der Waals surface area contributed by atoms with Crippen LogP contribution in [0.1, 0.15) is 15.3 Å². The van der Waals surface area contributed by atoms with E-state index >= 15 is 0 Å². The molecular weight excluding hydrogens is 119 g/mol. The Morgan fingerprint density at radius 2 is 1.50 bits per heavy atom. The van der Waals surface area contributed by atoms with Crippen LogP contribution in [0.25, 0.3) is 0 Å². The van der Waals surface area contributed by atoms with Crippen molar-refractivity contribution in [2.24, 2.45) is 0 Å². The Hall–Kier alpha value is 0.140. The van der Waals surface area contributed by atoms with Gasteiger partial charge in [-0.3, -0.25) is 9.59 Å². The predicted molar refractivity (Wildman–Crippen MR) is 23.6 cm³/mol. The minimum absolute atomic E-state index is 0. The fourth-order valence-electron chi connectivity index (χ4n) is 0.202.